The predicted molar refractivity (Wildman–Crippen MR) is 55.0 cm³/mol. The van der Waals surface area contributed by atoms with Crippen LogP contribution in [0.1, 0.15) is 21.5 Å². The summed E-state index contributed by atoms with van der Waals surface area (Å²) >= 11 is 5.80. The van der Waals surface area contributed by atoms with Gasteiger partial charge in [-0.25, -0.2) is 0 Å². The van der Waals surface area contributed by atoms with Gasteiger partial charge >= 0.3 is 0 Å². The van der Waals surface area contributed by atoms with E-state index in [2.05, 4.69) is 0 Å². The fourth-order valence-corrected chi connectivity index (χ4v) is 1.22. The van der Waals surface area contributed by atoms with E-state index in [9.17, 15) is 4.79 Å². The van der Waals surface area contributed by atoms with Gasteiger partial charge in [0.1, 0.15) is 0 Å². The second kappa shape index (κ2) is 4.30. The molecular formula is C9H11ClN2O2. The van der Waals surface area contributed by atoms with Crippen LogP contribution in [-0.4, -0.2) is 13.0 Å². The molecule has 4 nitrogen and oxygen atoms in total. The number of hydrogen-bond acceptors (Lipinski definition) is 3. The molecule has 0 radical (unpaired) electrons. The highest BCUT2D eigenvalue weighted by molar-refractivity contribution is 6.20. The third-order valence-corrected chi connectivity index (χ3v) is 2.24. The first-order chi connectivity index (χ1) is 6.56. The molecule has 1 unspecified atom stereocenters. The molecule has 0 aromatic heterocycles. The van der Waals surface area contributed by atoms with E-state index in [1.54, 1.807) is 12.1 Å². The van der Waals surface area contributed by atoms with E-state index in [0.717, 1.165) is 0 Å². The van der Waals surface area contributed by atoms with Gasteiger partial charge in [0, 0.05) is 12.8 Å². The minimum Gasteiger partial charge on any atom is -0.398 e. The number of anilines is 1. The molecular weight excluding hydrogens is 204 g/mol. The highest BCUT2D eigenvalue weighted by Gasteiger charge is 2.10. The van der Waals surface area contributed by atoms with Crippen LogP contribution in [0.5, 0.6) is 0 Å². The molecule has 0 aliphatic rings. The van der Waals surface area contributed by atoms with Crippen molar-refractivity contribution in [1.29, 1.82) is 0 Å². The number of benzene rings is 1. The van der Waals surface area contributed by atoms with Crippen LogP contribution in [0.3, 0.4) is 0 Å². The Morgan fingerprint density at radius 1 is 1.57 bits per heavy atom. The molecule has 0 bridgehead atoms. The summed E-state index contributed by atoms with van der Waals surface area (Å²) in [5, 5.41) is 0. The average Bonchev–Trinajstić information content (AvgIpc) is 2.15. The molecule has 0 aliphatic heterocycles. The first-order valence-corrected chi connectivity index (χ1v) is 4.36. The van der Waals surface area contributed by atoms with Crippen LogP contribution in [0, 0.1) is 0 Å². The molecule has 0 heterocycles. The summed E-state index contributed by atoms with van der Waals surface area (Å²) in [6.45, 7) is 0. The molecule has 0 spiro atoms. The Labute approximate surface area is 86.8 Å². The van der Waals surface area contributed by atoms with Gasteiger partial charge in [0.2, 0.25) is 0 Å². The highest BCUT2D eigenvalue weighted by Crippen LogP contribution is 2.24. The molecule has 14 heavy (non-hydrogen) atoms. The van der Waals surface area contributed by atoms with Gasteiger partial charge in [-0.2, -0.15) is 0 Å². The van der Waals surface area contributed by atoms with Crippen molar-refractivity contribution in [1.82, 2.24) is 0 Å². The molecule has 0 saturated carbocycles. The van der Waals surface area contributed by atoms with Gasteiger partial charge in [0.05, 0.1) is 5.56 Å². The summed E-state index contributed by atoms with van der Waals surface area (Å²) in [6.07, 6.45) is 0. The molecule has 5 heteroatoms. The molecule has 1 atom stereocenters. The number of alkyl halides is 1. The van der Waals surface area contributed by atoms with Crippen molar-refractivity contribution >= 4 is 23.2 Å². The maximum absolute atomic E-state index is 10.9. The number of nitrogens with two attached hydrogens (primary N) is 2. The molecule has 0 fully saturated rings. The minimum absolute atomic E-state index is 0.286. The van der Waals surface area contributed by atoms with E-state index in [4.69, 9.17) is 27.8 Å². The standard InChI is InChI=1S/C9H11ClN2O2/c1-14-8(10)5-2-3-6(9(12)13)7(11)4-5/h2-4,8H,11H2,1H3,(H2,12,13). The maximum atomic E-state index is 10.9. The molecule has 0 saturated heterocycles. The number of carbonyl (C=O) groups excluding carboxylic acids is 1. The Morgan fingerprint density at radius 2 is 2.21 bits per heavy atom. The van der Waals surface area contributed by atoms with E-state index in [-0.39, 0.29) is 5.56 Å². The van der Waals surface area contributed by atoms with Crippen molar-refractivity contribution < 1.29 is 9.53 Å². The lowest BCUT2D eigenvalue weighted by molar-refractivity contribution is 0.100. The van der Waals surface area contributed by atoms with Crippen molar-refractivity contribution in [2.75, 3.05) is 12.8 Å². The summed E-state index contributed by atoms with van der Waals surface area (Å²) in [6, 6.07) is 4.75. The van der Waals surface area contributed by atoms with Crippen molar-refractivity contribution in [3.63, 3.8) is 0 Å². The first kappa shape index (κ1) is 10.8. The van der Waals surface area contributed by atoms with Crippen LogP contribution in [-0.2, 0) is 4.74 Å². The lowest BCUT2D eigenvalue weighted by Gasteiger charge is -2.09. The lowest BCUT2D eigenvalue weighted by Crippen LogP contribution is -2.13. The summed E-state index contributed by atoms with van der Waals surface area (Å²) in [4.78, 5) is 10.9. The van der Waals surface area contributed by atoms with Crippen molar-refractivity contribution in [3.8, 4) is 0 Å². The highest BCUT2D eigenvalue weighted by atomic mass is 35.5. The number of nitrogen functional groups attached to an aromatic ring is 1. The van der Waals surface area contributed by atoms with E-state index < -0.39 is 11.5 Å². The van der Waals surface area contributed by atoms with Gasteiger partial charge < -0.3 is 16.2 Å². The number of halogens is 1. The van der Waals surface area contributed by atoms with Crippen LogP contribution in [0.15, 0.2) is 18.2 Å². The van der Waals surface area contributed by atoms with Crippen LogP contribution >= 0.6 is 11.6 Å². The Hall–Kier alpha value is -1.26. The number of primary amides is 1. The van der Waals surface area contributed by atoms with Gasteiger partial charge in [-0.15, -0.1) is 0 Å². The number of hydrogen-bond donors (Lipinski definition) is 2. The quantitative estimate of drug-likeness (QED) is 0.587. The summed E-state index contributed by atoms with van der Waals surface area (Å²) < 4.78 is 4.89. The fourth-order valence-electron chi connectivity index (χ4n) is 1.08. The molecule has 76 valence electrons. The second-order valence-corrected chi connectivity index (χ2v) is 3.16. The van der Waals surface area contributed by atoms with E-state index in [1.807, 2.05) is 0 Å². The SMILES string of the molecule is COC(Cl)c1ccc(C(N)=O)c(N)c1. The van der Waals surface area contributed by atoms with Gasteiger partial charge in [-0.3, -0.25) is 4.79 Å². The monoisotopic (exact) mass is 214 g/mol. The van der Waals surface area contributed by atoms with Gasteiger partial charge in [0.15, 0.2) is 5.56 Å². The van der Waals surface area contributed by atoms with Crippen LogP contribution in [0.25, 0.3) is 0 Å². The maximum Gasteiger partial charge on any atom is 0.250 e. The first-order valence-electron chi connectivity index (χ1n) is 3.92. The van der Waals surface area contributed by atoms with Gasteiger partial charge in [-0.05, 0) is 17.7 Å². The van der Waals surface area contributed by atoms with Crippen LogP contribution < -0.4 is 11.5 Å². The molecule has 1 aromatic rings. The fraction of sp³-hybridized carbons (Fsp3) is 0.222. The van der Waals surface area contributed by atoms with Crippen molar-refractivity contribution in [2.45, 2.75) is 5.56 Å². The Morgan fingerprint density at radius 3 is 2.64 bits per heavy atom. The normalized spacial score (nSPS) is 12.4. The zero-order chi connectivity index (χ0) is 10.7. The predicted octanol–water partition coefficient (Wildman–Crippen LogP) is 1.25. The zero-order valence-corrected chi connectivity index (χ0v) is 8.41. The Bertz CT molecular complexity index is 355. The third kappa shape index (κ3) is 2.16. The van der Waals surface area contributed by atoms with Crippen LogP contribution in [0.4, 0.5) is 5.69 Å². The molecule has 1 rings (SSSR count). The Kier molecular flexibility index (Phi) is 3.33. The minimum atomic E-state index is -0.570. The molecule has 4 N–H and O–H groups in total. The van der Waals surface area contributed by atoms with Crippen molar-refractivity contribution in [3.05, 3.63) is 29.3 Å². The van der Waals surface area contributed by atoms with Crippen LogP contribution in [0.2, 0.25) is 0 Å². The largest absolute Gasteiger partial charge is 0.398 e. The molecule has 1 aromatic carbocycles. The smallest absolute Gasteiger partial charge is 0.250 e. The Balaban J connectivity index is 3.06. The van der Waals surface area contributed by atoms with E-state index in [0.29, 0.717) is 11.3 Å². The summed E-state index contributed by atoms with van der Waals surface area (Å²) in [5.74, 6) is -0.558. The second-order valence-electron chi connectivity index (χ2n) is 2.76. The lowest BCUT2D eigenvalue weighted by atomic mass is 10.1. The summed E-state index contributed by atoms with van der Waals surface area (Å²) in [5.41, 5.74) is 11.4. The number of amides is 1. The van der Waals surface area contributed by atoms with Gasteiger partial charge in [-0.1, -0.05) is 17.7 Å². The number of rotatable bonds is 3. The third-order valence-electron chi connectivity index (χ3n) is 1.81. The van der Waals surface area contributed by atoms with Crippen molar-refractivity contribution in [2.24, 2.45) is 5.73 Å². The topological polar surface area (TPSA) is 78.3 Å². The number of carbonyl (C=O) groups is 1. The summed E-state index contributed by atoms with van der Waals surface area (Å²) in [7, 11) is 1.48. The molecule has 1 amide bonds. The molecule has 0 aliphatic carbocycles. The zero-order valence-electron chi connectivity index (χ0n) is 7.66. The number of methoxy groups -OCH3 is 1. The van der Waals surface area contributed by atoms with Gasteiger partial charge in [0.25, 0.3) is 5.91 Å². The van der Waals surface area contributed by atoms with E-state index >= 15 is 0 Å². The number of ether oxygens (including phenoxy) is 1. The van der Waals surface area contributed by atoms with E-state index in [1.165, 1.54) is 13.2 Å². The average molecular weight is 215 g/mol.